The van der Waals surface area contributed by atoms with Crippen molar-refractivity contribution in [3.8, 4) is 6.07 Å². The summed E-state index contributed by atoms with van der Waals surface area (Å²) < 4.78 is 13.0. The average Bonchev–Trinajstić information content (AvgIpc) is 2.79. The van der Waals surface area contributed by atoms with Gasteiger partial charge >= 0.3 is 0 Å². The van der Waals surface area contributed by atoms with Gasteiger partial charge in [-0.2, -0.15) is 5.26 Å². The Morgan fingerprint density at radius 2 is 1.77 bits per heavy atom. The van der Waals surface area contributed by atoms with Gasteiger partial charge in [-0.15, -0.1) is 11.8 Å². The summed E-state index contributed by atoms with van der Waals surface area (Å²) in [4.78, 5) is 25.6. The normalized spacial score (nSPS) is 10.2. The van der Waals surface area contributed by atoms with Crippen LogP contribution >= 0.6 is 11.8 Å². The summed E-state index contributed by atoms with van der Waals surface area (Å²) >= 11 is 1.26. The minimum atomic E-state index is -0.291. The van der Waals surface area contributed by atoms with Crippen LogP contribution in [0.15, 0.2) is 77.7 Å². The minimum absolute atomic E-state index is 0.122. The van der Waals surface area contributed by atoms with Crippen LogP contribution in [0.25, 0.3) is 0 Å². The molecule has 0 aliphatic rings. The second-order valence-corrected chi connectivity index (χ2v) is 7.68. The molecular formula is C24H20FN3O2S. The summed E-state index contributed by atoms with van der Waals surface area (Å²) in [7, 11) is 0. The monoisotopic (exact) mass is 433 g/mol. The van der Waals surface area contributed by atoms with E-state index < -0.39 is 0 Å². The third-order valence-corrected chi connectivity index (χ3v) is 5.45. The zero-order valence-corrected chi connectivity index (χ0v) is 17.4. The Hall–Kier alpha value is -3.63. The number of carbonyl (C=O) groups excluding carboxylic acids is 2. The van der Waals surface area contributed by atoms with Crippen molar-refractivity contribution >= 4 is 29.3 Å². The van der Waals surface area contributed by atoms with Crippen LogP contribution < -0.4 is 10.6 Å². The maximum atomic E-state index is 13.0. The Bertz CT molecular complexity index is 1110. The van der Waals surface area contributed by atoms with Crippen molar-refractivity contribution in [3.63, 3.8) is 0 Å². The second kappa shape index (κ2) is 11.0. The minimum Gasteiger partial charge on any atom is -0.352 e. The fraction of sp³-hybridized carbons (Fsp3) is 0.125. The first-order valence-corrected chi connectivity index (χ1v) is 10.6. The SMILES string of the molecule is N#Cc1cccc(NC(=O)CSc2ccccc2C(=O)NCCc2ccc(F)cc2)c1. The lowest BCUT2D eigenvalue weighted by molar-refractivity contribution is -0.113. The molecule has 7 heteroatoms. The molecule has 5 nitrogen and oxygen atoms in total. The van der Waals surface area contributed by atoms with Gasteiger partial charge in [-0.05, 0) is 54.4 Å². The first kappa shape index (κ1) is 22.1. The number of nitrogens with one attached hydrogen (secondary N) is 2. The van der Waals surface area contributed by atoms with Crippen molar-refractivity contribution in [2.75, 3.05) is 17.6 Å². The molecule has 0 saturated heterocycles. The molecule has 2 amide bonds. The molecule has 0 heterocycles. The van der Waals surface area contributed by atoms with E-state index in [1.807, 2.05) is 12.1 Å². The van der Waals surface area contributed by atoms with Crippen molar-refractivity contribution in [1.29, 1.82) is 5.26 Å². The maximum absolute atomic E-state index is 13.0. The van der Waals surface area contributed by atoms with Crippen molar-refractivity contribution in [2.45, 2.75) is 11.3 Å². The summed E-state index contributed by atoms with van der Waals surface area (Å²) in [6.07, 6.45) is 0.589. The Morgan fingerprint density at radius 1 is 1.00 bits per heavy atom. The van der Waals surface area contributed by atoms with Crippen molar-refractivity contribution < 1.29 is 14.0 Å². The Balaban J connectivity index is 1.54. The number of benzene rings is 3. The summed E-state index contributed by atoms with van der Waals surface area (Å²) in [6.45, 7) is 0.416. The standard InChI is InChI=1S/C24H20FN3O2S/c25-19-10-8-17(9-11-19)12-13-27-24(30)21-6-1-2-7-22(21)31-16-23(29)28-20-5-3-4-18(14-20)15-26/h1-11,14H,12-13,16H2,(H,27,30)(H,28,29). The van der Waals surface area contributed by atoms with Gasteiger partial charge in [-0.3, -0.25) is 9.59 Å². The van der Waals surface area contributed by atoms with E-state index in [1.54, 1.807) is 54.6 Å². The quantitative estimate of drug-likeness (QED) is 0.516. The van der Waals surface area contributed by atoms with Gasteiger partial charge < -0.3 is 10.6 Å². The van der Waals surface area contributed by atoms with Gasteiger partial charge in [0.25, 0.3) is 5.91 Å². The molecule has 3 rings (SSSR count). The molecule has 0 fully saturated rings. The number of rotatable bonds is 8. The number of hydrogen-bond acceptors (Lipinski definition) is 4. The lowest BCUT2D eigenvalue weighted by Gasteiger charge is -2.10. The second-order valence-electron chi connectivity index (χ2n) is 6.66. The highest BCUT2D eigenvalue weighted by Gasteiger charge is 2.13. The predicted octanol–water partition coefficient (Wildman–Crippen LogP) is 4.40. The Labute approximate surface area is 184 Å². The molecule has 0 bridgehead atoms. The average molecular weight is 434 g/mol. The first-order chi connectivity index (χ1) is 15.0. The van der Waals surface area contributed by atoms with Gasteiger partial charge in [0.15, 0.2) is 0 Å². The summed E-state index contributed by atoms with van der Waals surface area (Å²) in [5.74, 6) is -0.629. The molecule has 0 spiro atoms. The number of nitriles is 1. The van der Waals surface area contributed by atoms with Crippen LogP contribution in [0.1, 0.15) is 21.5 Å². The number of amides is 2. The molecule has 0 radical (unpaired) electrons. The molecule has 0 aliphatic carbocycles. The summed E-state index contributed by atoms with van der Waals surface area (Å²) in [5.41, 5.74) is 2.44. The number of nitrogens with zero attached hydrogens (tertiary/aromatic N) is 1. The van der Waals surface area contributed by atoms with Crippen LogP contribution in [-0.2, 0) is 11.2 Å². The van der Waals surface area contributed by atoms with Gasteiger partial charge in [-0.1, -0.05) is 30.3 Å². The molecule has 0 saturated carbocycles. The van der Waals surface area contributed by atoms with Gasteiger partial charge in [0.05, 0.1) is 22.9 Å². The largest absolute Gasteiger partial charge is 0.352 e. The smallest absolute Gasteiger partial charge is 0.252 e. The Kier molecular flexibility index (Phi) is 7.79. The molecular weight excluding hydrogens is 413 g/mol. The molecule has 0 aliphatic heterocycles. The summed E-state index contributed by atoms with van der Waals surface area (Å²) in [6, 6.07) is 22.0. The number of thioether (sulfide) groups is 1. The first-order valence-electron chi connectivity index (χ1n) is 9.59. The van der Waals surface area contributed by atoms with E-state index >= 15 is 0 Å². The van der Waals surface area contributed by atoms with Gasteiger partial charge in [0.1, 0.15) is 5.82 Å². The molecule has 31 heavy (non-hydrogen) atoms. The predicted molar refractivity (Wildman–Crippen MR) is 119 cm³/mol. The van der Waals surface area contributed by atoms with Crippen molar-refractivity contribution in [2.24, 2.45) is 0 Å². The van der Waals surface area contributed by atoms with E-state index in [4.69, 9.17) is 5.26 Å². The number of hydrogen-bond donors (Lipinski definition) is 2. The third-order valence-electron chi connectivity index (χ3n) is 4.38. The summed E-state index contributed by atoms with van der Waals surface area (Å²) in [5, 5.41) is 14.6. The van der Waals surface area contributed by atoms with Crippen LogP contribution in [0, 0.1) is 17.1 Å². The number of halogens is 1. The molecule has 156 valence electrons. The number of anilines is 1. The van der Waals surface area contributed by atoms with E-state index in [9.17, 15) is 14.0 Å². The molecule has 0 atom stereocenters. The van der Waals surface area contributed by atoms with Crippen LogP contribution in [0.2, 0.25) is 0 Å². The van der Waals surface area contributed by atoms with Crippen LogP contribution in [0.5, 0.6) is 0 Å². The highest BCUT2D eigenvalue weighted by Crippen LogP contribution is 2.23. The lowest BCUT2D eigenvalue weighted by Crippen LogP contribution is -2.26. The van der Waals surface area contributed by atoms with Gasteiger partial charge in [0.2, 0.25) is 5.91 Å². The van der Waals surface area contributed by atoms with E-state index in [-0.39, 0.29) is 23.4 Å². The van der Waals surface area contributed by atoms with Crippen molar-refractivity contribution in [1.82, 2.24) is 5.32 Å². The Morgan fingerprint density at radius 3 is 2.55 bits per heavy atom. The highest BCUT2D eigenvalue weighted by molar-refractivity contribution is 8.00. The maximum Gasteiger partial charge on any atom is 0.252 e. The van der Waals surface area contributed by atoms with Crippen LogP contribution in [0.3, 0.4) is 0 Å². The number of carbonyl (C=O) groups is 2. The lowest BCUT2D eigenvalue weighted by atomic mass is 10.1. The topological polar surface area (TPSA) is 82.0 Å². The van der Waals surface area contributed by atoms with Crippen molar-refractivity contribution in [3.05, 3.63) is 95.3 Å². The van der Waals surface area contributed by atoms with Crippen LogP contribution in [-0.4, -0.2) is 24.1 Å². The molecule has 3 aromatic carbocycles. The molecule has 0 unspecified atom stereocenters. The van der Waals surface area contributed by atoms with Gasteiger partial charge in [0, 0.05) is 17.1 Å². The molecule has 2 N–H and O–H groups in total. The van der Waals surface area contributed by atoms with Crippen LogP contribution in [0.4, 0.5) is 10.1 Å². The molecule has 3 aromatic rings. The van der Waals surface area contributed by atoms with E-state index in [0.29, 0.717) is 34.7 Å². The molecule has 0 aromatic heterocycles. The van der Waals surface area contributed by atoms with Gasteiger partial charge in [-0.25, -0.2) is 4.39 Å². The highest BCUT2D eigenvalue weighted by atomic mass is 32.2. The van der Waals surface area contributed by atoms with E-state index in [2.05, 4.69) is 10.6 Å². The zero-order chi connectivity index (χ0) is 22.1. The fourth-order valence-electron chi connectivity index (χ4n) is 2.85. The fourth-order valence-corrected chi connectivity index (χ4v) is 3.70. The zero-order valence-electron chi connectivity index (χ0n) is 16.6. The third kappa shape index (κ3) is 6.69. The van der Waals surface area contributed by atoms with E-state index in [1.165, 1.54) is 23.9 Å². The van der Waals surface area contributed by atoms with E-state index in [0.717, 1.165) is 5.56 Å².